The Hall–Kier alpha value is -0.340. The lowest BCUT2D eigenvalue weighted by molar-refractivity contribution is -0.137. The lowest BCUT2D eigenvalue weighted by Crippen LogP contribution is -2.21. The fourth-order valence-corrected chi connectivity index (χ4v) is 1.07. The van der Waals surface area contributed by atoms with Gasteiger partial charge in [0.15, 0.2) is 5.79 Å². The Bertz CT molecular complexity index is 129. The Morgan fingerprint density at radius 3 is 2.80 bits per heavy atom. The Labute approximate surface area is 61.8 Å². The van der Waals surface area contributed by atoms with E-state index in [4.69, 9.17) is 9.47 Å². The summed E-state index contributed by atoms with van der Waals surface area (Å²) in [4.78, 5) is 0. The molecule has 0 aromatic rings. The van der Waals surface area contributed by atoms with Crippen molar-refractivity contribution in [3.8, 4) is 0 Å². The van der Waals surface area contributed by atoms with Crippen LogP contribution in [0.15, 0.2) is 12.7 Å². The zero-order valence-corrected chi connectivity index (χ0v) is 6.59. The summed E-state index contributed by atoms with van der Waals surface area (Å²) in [6, 6.07) is 0. The van der Waals surface area contributed by atoms with Crippen LogP contribution in [0, 0.1) is 0 Å². The van der Waals surface area contributed by atoms with E-state index < -0.39 is 0 Å². The molecule has 1 aliphatic heterocycles. The maximum atomic E-state index is 5.50. The minimum atomic E-state index is -0.381. The van der Waals surface area contributed by atoms with Crippen LogP contribution in [0.4, 0.5) is 0 Å². The average molecular weight is 142 g/mol. The van der Waals surface area contributed by atoms with E-state index in [1.165, 1.54) is 0 Å². The molecule has 0 radical (unpaired) electrons. The number of rotatable bonds is 2. The Morgan fingerprint density at radius 2 is 2.40 bits per heavy atom. The second-order valence-electron chi connectivity index (χ2n) is 2.98. The molecule has 0 spiro atoms. The van der Waals surface area contributed by atoms with Gasteiger partial charge in [-0.2, -0.15) is 0 Å². The minimum absolute atomic E-state index is 0.215. The van der Waals surface area contributed by atoms with Gasteiger partial charge in [-0.25, -0.2) is 0 Å². The molecule has 10 heavy (non-hydrogen) atoms. The first-order valence-electron chi connectivity index (χ1n) is 3.57. The molecule has 0 saturated carbocycles. The van der Waals surface area contributed by atoms with Gasteiger partial charge in [-0.05, 0) is 20.3 Å². The van der Waals surface area contributed by atoms with Gasteiger partial charge in [-0.3, -0.25) is 0 Å². The van der Waals surface area contributed by atoms with Crippen molar-refractivity contribution < 1.29 is 9.47 Å². The van der Waals surface area contributed by atoms with Gasteiger partial charge in [0.2, 0.25) is 0 Å². The molecule has 0 unspecified atom stereocenters. The smallest absolute Gasteiger partial charge is 0.163 e. The van der Waals surface area contributed by atoms with E-state index in [0.29, 0.717) is 6.61 Å². The van der Waals surface area contributed by atoms with Gasteiger partial charge in [0, 0.05) is 0 Å². The highest BCUT2D eigenvalue weighted by atomic mass is 16.7. The van der Waals surface area contributed by atoms with E-state index in [1.54, 1.807) is 0 Å². The van der Waals surface area contributed by atoms with Crippen LogP contribution in [0.5, 0.6) is 0 Å². The highest BCUT2D eigenvalue weighted by Gasteiger charge is 2.31. The van der Waals surface area contributed by atoms with Crippen molar-refractivity contribution in [1.29, 1.82) is 0 Å². The van der Waals surface area contributed by atoms with Crippen LogP contribution < -0.4 is 0 Å². The Kier molecular flexibility index (Phi) is 2.11. The van der Waals surface area contributed by atoms with Crippen molar-refractivity contribution in [3.05, 3.63) is 12.7 Å². The van der Waals surface area contributed by atoms with Crippen LogP contribution in [0.25, 0.3) is 0 Å². The molecule has 0 bridgehead atoms. The van der Waals surface area contributed by atoms with E-state index in [0.717, 1.165) is 6.42 Å². The zero-order chi connectivity index (χ0) is 7.61. The van der Waals surface area contributed by atoms with Crippen LogP contribution in [-0.4, -0.2) is 18.5 Å². The molecule has 0 aliphatic carbocycles. The standard InChI is InChI=1S/C8H14O2/c1-4-5-7-6-9-8(2,3)10-7/h4,7H,1,5-6H2,2-3H3/t7-/m1/s1. The number of hydrogen-bond donors (Lipinski definition) is 0. The molecule has 1 fully saturated rings. The third-order valence-electron chi connectivity index (χ3n) is 1.50. The molecule has 0 aromatic carbocycles. The molecule has 1 saturated heterocycles. The lowest BCUT2D eigenvalue weighted by atomic mass is 10.3. The van der Waals surface area contributed by atoms with Gasteiger partial charge in [-0.1, -0.05) is 6.08 Å². The van der Waals surface area contributed by atoms with Crippen molar-refractivity contribution in [2.24, 2.45) is 0 Å². The topological polar surface area (TPSA) is 18.5 Å². The SMILES string of the molecule is C=CC[C@@H]1COC(C)(C)O1. The van der Waals surface area contributed by atoms with Crippen LogP contribution >= 0.6 is 0 Å². The molecular formula is C8H14O2. The summed E-state index contributed by atoms with van der Waals surface area (Å²) in [5.74, 6) is -0.381. The summed E-state index contributed by atoms with van der Waals surface area (Å²) in [7, 11) is 0. The first-order valence-corrected chi connectivity index (χ1v) is 3.57. The van der Waals surface area contributed by atoms with Gasteiger partial charge in [-0.15, -0.1) is 6.58 Å². The monoisotopic (exact) mass is 142 g/mol. The molecule has 1 rings (SSSR count). The number of hydrogen-bond acceptors (Lipinski definition) is 2. The molecule has 1 aliphatic rings. The minimum Gasteiger partial charge on any atom is -0.348 e. The van der Waals surface area contributed by atoms with Crippen LogP contribution in [-0.2, 0) is 9.47 Å². The molecule has 0 aromatic heterocycles. The second-order valence-corrected chi connectivity index (χ2v) is 2.98. The molecular weight excluding hydrogens is 128 g/mol. The van der Waals surface area contributed by atoms with E-state index in [-0.39, 0.29) is 11.9 Å². The summed E-state index contributed by atoms with van der Waals surface area (Å²) in [6.07, 6.45) is 2.95. The van der Waals surface area contributed by atoms with Gasteiger partial charge in [0.25, 0.3) is 0 Å². The number of ether oxygens (including phenoxy) is 2. The molecule has 2 nitrogen and oxygen atoms in total. The third-order valence-corrected chi connectivity index (χ3v) is 1.50. The molecule has 1 heterocycles. The third kappa shape index (κ3) is 1.82. The molecule has 1 atom stereocenters. The highest BCUT2D eigenvalue weighted by molar-refractivity contribution is 4.78. The van der Waals surface area contributed by atoms with Crippen molar-refractivity contribution in [2.75, 3.05) is 6.61 Å². The quantitative estimate of drug-likeness (QED) is 0.546. The summed E-state index contributed by atoms with van der Waals surface area (Å²) in [5, 5.41) is 0. The summed E-state index contributed by atoms with van der Waals surface area (Å²) >= 11 is 0. The van der Waals surface area contributed by atoms with E-state index in [2.05, 4.69) is 6.58 Å². The molecule has 58 valence electrons. The van der Waals surface area contributed by atoms with E-state index in [1.807, 2.05) is 19.9 Å². The first-order chi connectivity index (χ1) is 4.64. The van der Waals surface area contributed by atoms with Crippen molar-refractivity contribution in [3.63, 3.8) is 0 Å². The van der Waals surface area contributed by atoms with Gasteiger partial charge >= 0.3 is 0 Å². The zero-order valence-electron chi connectivity index (χ0n) is 6.59. The van der Waals surface area contributed by atoms with E-state index >= 15 is 0 Å². The highest BCUT2D eigenvalue weighted by Crippen LogP contribution is 2.23. The summed E-state index contributed by atoms with van der Waals surface area (Å²) < 4.78 is 10.8. The van der Waals surface area contributed by atoms with Crippen LogP contribution in [0.3, 0.4) is 0 Å². The molecule has 0 N–H and O–H groups in total. The largest absolute Gasteiger partial charge is 0.348 e. The predicted molar refractivity (Wildman–Crippen MR) is 39.7 cm³/mol. The lowest BCUT2D eigenvalue weighted by Gasteiger charge is -2.16. The van der Waals surface area contributed by atoms with Gasteiger partial charge in [0.05, 0.1) is 12.7 Å². The fourth-order valence-electron chi connectivity index (χ4n) is 1.07. The van der Waals surface area contributed by atoms with Crippen molar-refractivity contribution in [2.45, 2.75) is 32.2 Å². The second kappa shape index (κ2) is 2.72. The molecule has 0 amide bonds. The van der Waals surface area contributed by atoms with Gasteiger partial charge < -0.3 is 9.47 Å². The maximum absolute atomic E-state index is 5.50. The Morgan fingerprint density at radius 1 is 1.70 bits per heavy atom. The first kappa shape index (κ1) is 7.76. The summed E-state index contributed by atoms with van der Waals surface area (Å²) in [5.41, 5.74) is 0. The van der Waals surface area contributed by atoms with Crippen molar-refractivity contribution >= 4 is 0 Å². The summed E-state index contributed by atoms with van der Waals surface area (Å²) in [6.45, 7) is 8.18. The van der Waals surface area contributed by atoms with Gasteiger partial charge in [0.1, 0.15) is 0 Å². The maximum Gasteiger partial charge on any atom is 0.163 e. The Balaban J connectivity index is 2.35. The van der Waals surface area contributed by atoms with Crippen molar-refractivity contribution in [1.82, 2.24) is 0 Å². The molecule has 2 heteroatoms. The fraction of sp³-hybridized carbons (Fsp3) is 0.750. The average Bonchev–Trinajstić information content (AvgIpc) is 2.12. The normalized spacial score (nSPS) is 30.4. The predicted octanol–water partition coefficient (Wildman–Crippen LogP) is 1.71. The van der Waals surface area contributed by atoms with E-state index in [9.17, 15) is 0 Å². The van der Waals surface area contributed by atoms with Crippen LogP contribution in [0.1, 0.15) is 20.3 Å². The van der Waals surface area contributed by atoms with Crippen LogP contribution in [0.2, 0.25) is 0 Å².